The molecule has 2 aliphatic heterocycles. The predicted molar refractivity (Wildman–Crippen MR) is 62.0 cm³/mol. The molecule has 0 spiro atoms. The maximum atomic E-state index is 10.1. The SMILES string of the molecule is O=C(O)C1CCCO1.O=C(O)C1CCCO1.O=[N+]([O-])O. The molecule has 2 saturated heterocycles. The number of carboxylic acids is 2. The maximum absolute atomic E-state index is 10.1. The lowest BCUT2D eigenvalue weighted by atomic mass is 10.2. The van der Waals surface area contributed by atoms with Gasteiger partial charge in [0, 0.05) is 13.2 Å². The number of nitrogens with zero attached hydrogens (tertiary/aromatic N) is 1. The summed E-state index contributed by atoms with van der Waals surface area (Å²) in [6.07, 6.45) is 2.09. The summed E-state index contributed by atoms with van der Waals surface area (Å²) in [5.74, 6) is -1.66. The monoisotopic (exact) mass is 295 g/mol. The summed E-state index contributed by atoms with van der Waals surface area (Å²) in [7, 11) is 0. The number of rotatable bonds is 2. The number of ether oxygens (including phenoxy) is 2. The van der Waals surface area contributed by atoms with Crippen LogP contribution in [0.3, 0.4) is 0 Å². The Balaban J connectivity index is 0.000000289. The second-order valence-electron chi connectivity index (χ2n) is 3.92. The van der Waals surface area contributed by atoms with Crippen LogP contribution in [-0.2, 0) is 19.1 Å². The van der Waals surface area contributed by atoms with Gasteiger partial charge in [0.15, 0.2) is 12.2 Å². The summed E-state index contributed by atoms with van der Waals surface area (Å²) in [6.45, 7) is 1.22. The number of hydrogen-bond donors (Lipinski definition) is 3. The van der Waals surface area contributed by atoms with Gasteiger partial charge in [0.25, 0.3) is 5.09 Å². The van der Waals surface area contributed by atoms with Crippen molar-refractivity contribution in [1.29, 1.82) is 0 Å². The van der Waals surface area contributed by atoms with Crippen molar-refractivity contribution in [3.05, 3.63) is 10.1 Å². The summed E-state index contributed by atoms with van der Waals surface area (Å²) in [5, 5.41) is 30.2. The Morgan fingerprint density at radius 2 is 1.30 bits per heavy atom. The van der Waals surface area contributed by atoms with Gasteiger partial charge >= 0.3 is 11.9 Å². The molecule has 2 heterocycles. The van der Waals surface area contributed by atoms with Crippen molar-refractivity contribution in [3.63, 3.8) is 0 Å². The molecule has 2 fully saturated rings. The van der Waals surface area contributed by atoms with Gasteiger partial charge in [-0.05, 0) is 25.7 Å². The lowest BCUT2D eigenvalue weighted by Crippen LogP contribution is -2.17. The third-order valence-corrected chi connectivity index (χ3v) is 2.41. The van der Waals surface area contributed by atoms with Gasteiger partial charge in [0.1, 0.15) is 0 Å². The summed E-state index contributed by atoms with van der Waals surface area (Å²) >= 11 is 0. The van der Waals surface area contributed by atoms with E-state index >= 15 is 0 Å². The third kappa shape index (κ3) is 9.05. The van der Waals surface area contributed by atoms with E-state index in [1.165, 1.54) is 0 Å². The van der Waals surface area contributed by atoms with Crippen molar-refractivity contribution in [3.8, 4) is 0 Å². The highest BCUT2D eigenvalue weighted by Crippen LogP contribution is 2.11. The van der Waals surface area contributed by atoms with Crippen LogP contribution in [0.15, 0.2) is 0 Å². The molecule has 0 amide bonds. The quantitative estimate of drug-likeness (QED) is 0.476. The van der Waals surface area contributed by atoms with Crippen molar-refractivity contribution in [1.82, 2.24) is 0 Å². The van der Waals surface area contributed by atoms with E-state index in [1.54, 1.807) is 0 Å². The zero-order chi connectivity index (χ0) is 15.5. The van der Waals surface area contributed by atoms with E-state index in [0.717, 1.165) is 12.8 Å². The molecular weight excluding hydrogens is 278 g/mol. The molecule has 0 bridgehead atoms. The topological polar surface area (TPSA) is 156 Å². The molecule has 0 aromatic rings. The molecule has 2 atom stereocenters. The van der Waals surface area contributed by atoms with E-state index in [2.05, 4.69) is 0 Å². The fourth-order valence-electron chi connectivity index (χ4n) is 1.54. The minimum absolute atomic E-state index is 0.519. The first kappa shape index (κ1) is 18.1. The molecule has 20 heavy (non-hydrogen) atoms. The molecule has 116 valence electrons. The summed E-state index contributed by atoms with van der Waals surface area (Å²) in [6, 6.07) is 0. The van der Waals surface area contributed by atoms with E-state index in [4.69, 9.17) is 35.0 Å². The highest BCUT2D eigenvalue weighted by Gasteiger charge is 2.22. The molecule has 0 aromatic carbocycles. The molecule has 0 aliphatic carbocycles. The number of carboxylic acid groups (broad SMARTS) is 2. The van der Waals surface area contributed by atoms with E-state index in [9.17, 15) is 9.59 Å². The van der Waals surface area contributed by atoms with E-state index in [-0.39, 0.29) is 0 Å². The molecule has 10 nitrogen and oxygen atoms in total. The molecule has 2 rings (SSSR count). The Labute approximate surface area is 114 Å². The van der Waals surface area contributed by atoms with Crippen LogP contribution in [0.25, 0.3) is 0 Å². The van der Waals surface area contributed by atoms with E-state index in [1.807, 2.05) is 0 Å². The average Bonchev–Trinajstić information content (AvgIpc) is 3.03. The van der Waals surface area contributed by atoms with Crippen LogP contribution in [0, 0.1) is 10.1 Å². The summed E-state index contributed by atoms with van der Waals surface area (Å²) in [4.78, 5) is 28.5. The van der Waals surface area contributed by atoms with Gasteiger partial charge in [0.05, 0.1) is 0 Å². The Kier molecular flexibility index (Phi) is 8.96. The third-order valence-electron chi connectivity index (χ3n) is 2.41. The van der Waals surface area contributed by atoms with Crippen LogP contribution in [0.2, 0.25) is 0 Å². The first-order valence-corrected chi connectivity index (χ1v) is 5.86. The first-order chi connectivity index (χ1) is 9.34. The van der Waals surface area contributed by atoms with Gasteiger partial charge in [-0.2, -0.15) is 0 Å². The molecule has 10 heteroatoms. The van der Waals surface area contributed by atoms with Crippen LogP contribution in [0.5, 0.6) is 0 Å². The van der Waals surface area contributed by atoms with Crippen LogP contribution >= 0.6 is 0 Å². The molecule has 0 saturated carbocycles. The minimum Gasteiger partial charge on any atom is -0.479 e. The lowest BCUT2D eigenvalue weighted by molar-refractivity contribution is -0.742. The molecule has 3 N–H and O–H groups in total. The molecule has 2 unspecified atom stereocenters. The van der Waals surface area contributed by atoms with Crippen LogP contribution in [0.1, 0.15) is 25.7 Å². The van der Waals surface area contributed by atoms with Gasteiger partial charge in [0.2, 0.25) is 0 Å². The Morgan fingerprint density at radius 1 is 1.00 bits per heavy atom. The van der Waals surface area contributed by atoms with Gasteiger partial charge in [-0.3, -0.25) is 0 Å². The van der Waals surface area contributed by atoms with Crippen molar-refractivity contribution in [2.24, 2.45) is 0 Å². The number of hydrogen-bond acceptors (Lipinski definition) is 6. The highest BCUT2D eigenvalue weighted by molar-refractivity contribution is 5.72. The van der Waals surface area contributed by atoms with E-state index < -0.39 is 29.2 Å². The minimum atomic E-state index is -1.50. The largest absolute Gasteiger partial charge is 0.479 e. The van der Waals surface area contributed by atoms with Crippen molar-refractivity contribution in [2.45, 2.75) is 37.9 Å². The average molecular weight is 295 g/mol. The second-order valence-corrected chi connectivity index (χ2v) is 3.92. The van der Waals surface area contributed by atoms with Crippen molar-refractivity contribution in [2.75, 3.05) is 13.2 Å². The molecule has 0 radical (unpaired) electrons. The van der Waals surface area contributed by atoms with Crippen LogP contribution < -0.4 is 0 Å². The fourth-order valence-corrected chi connectivity index (χ4v) is 1.54. The van der Waals surface area contributed by atoms with E-state index in [0.29, 0.717) is 26.1 Å². The van der Waals surface area contributed by atoms with Crippen LogP contribution in [-0.4, -0.2) is 57.9 Å². The van der Waals surface area contributed by atoms with Gasteiger partial charge in [-0.25, -0.2) is 9.59 Å². The molecular formula is C10H17NO9. The maximum Gasteiger partial charge on any atom is 0.332 e. The lowest BCUT2D eigenvalue weighted by Gasteiger charge is -1.98. The van der Waals surface area contributed by atoms with Crippen molar-refractivity contribution < 1.29 is 39.6 Å². The number of aliphatic carboxylic acids is 2. The number of carbonyl (C=O) groups is 2. The zero-order valence-corrected chi connectivity index (χ0v) is 10.6. The Hall–Kier alpha value is -1.94. The normalized spacial score (nSPS) is 23.8. The van der Waals surface area contributed by atoms with Gasteiger partial charge < -0.3 is 24.9 Å². The Morgan fingerprint density at radius 3 is 1.40 bits per heavy atom. The van der Waals surface area contributed by atoms with Gasteiger partial charge in [-0.15, -0.1) is 10.1 Å². The predicted octanol–water partition coefficient (Wildman–Crippen LogP) is 0.152. The molecule has 2 aliphatic rings. The highest BCUT2D eigenvalue weighted by atomic mass is 16.9. The first-order valence-electron chi connectivity index (χ1n) is 5.86. The summed E-state index contributed by atoms with van der Waals surface area (Å²) in [5.41, 5.74) is 0. The van der Waals surface area contributed by atoms with Gasteiger partial charge in [-0.1, -0.05) is 0 Å². The smallest absolute Gasteiger partial charge is 0.332 e. The fraction of sp³-hybridized carbons (Fsp3) is 0.800. The Bertz CT molecular complexity index is 291. The summed E-state index contributed by atoms with van der Waals surface area (Å²) < 4.78 is 9.63. The zero-order valence-electron chi connectivity index (χ0n) is 10.6. The molecule has 0 aromatic heterocycles. The van der Waals surface area contributed by atoms with Crippen LogP contribution in [0.4, 0.5) is 0 Å². The van der Waals surface area contributed by atoms with Crippen molar-refractivity contribution >= 4 is 11.9 Å². The second kappa shape index (κ2) is 9.92. The standard InChI is InChI=1S/2C5H8O3.HNO3/c2*6-5(7)4-2-1-3-8-4;2-1(3)4/h2*4H,1-3H2,(H,6,7);(H,2,3,4).